The molecule has 1 amide bonds. The highest BCUT2D eigenvalue weighted by atomic mass is 79.9. The lowest BCUT2D eigenvalue weighted by Gasteiger charge is -1.99. The second-order valence-electron chi connectivity index (χ2n) is 3.91. The first-order valence-electron chi connectivity index (χ1n) is 5.85. The third kappa shape index (κ3) is 7.74. The average Bonchev–Trinajstić information content (AvgIpc) is 2.74. The number of nitrogens with one attached hydrogen (secondary N) is 1. The summed E-state index contributed by atoms with van der Waals surface area (Å²) in [7, 11) is 0. The van der Waals surface area contributed by atoms with Crippen LogP contribution in [0.15, 0.2) is 21.0 Å². The van der Waals surface area contributed by atoms with Crippen molar-refractivity contribution in [2.45, 2.75) is 32.1 Å². The van der Waals surface area contributed by atoms with Crippen LogP contribution in [0, 0.1) is 0 Å². The lowest BCUT2D eigenvalue weighted by Crippen LogP contribution is -2.16. The van der Waals surface area contributed by atoms with E-state index in [2.05, 4.69) is 26.5 Å². The minimum absolute atomic E-state index is 0.151. The maximum Gasteiger partial charge on any atom is 0.303 e. The SMILES string of the molecule is O=C(O)CCCCCC(=O)N/N=C/c1cc(Br)cs1. The van der Waals surface area contributed by atoms with Gasteiger partial charge in [0.15, 0.2) is 0 Å². The number of amides is 1. The molecular weight excluding hydrogens is 332 g/mol. The number of rotatable bonds is 8. The smallest absolute Gasteiger partial charge is 0.303 e. The topological polar surface area (TPSA) is 78.8 Å². The van der Waals surface area contributed by atoms with Gasteiger partial charge in [-0.1, -0.05) is 6.42 Å². The molecule has 1 aromatic heterocycles. The van der Waals surface area contributed by atoms with Gasteiger partial charge in [-0.05, 0) is 34.8 Å². The van der Waals surface area contributed by atoms with E-state index in [9.17, 15) is 9.59 Å². The molecule has 0 radical (unpaired) electrons. The number of carbonyl (C=O) groups is 2. The molecule has 0 atom stereocenters. The fourth-order valence-corrected chi connectivity index (χ4v) is 2.66. The normalized spacial score (nSPS) is 10.8. The van der Waals surface area contributed by atoms with E-state index in [1.54, 1.807) is 6.21 Å². The number of carbonyl (C=O) groups excluding carboxylic acids is 1. The largest absolute Gasteiger partial charge is 0.481 e. The Labute approximate surface area is 123 Å². The maximum absolute atomic E-state index is 11.4. The highest BCUT2D eigenvalue weighted by Crippen LogP contribution is 2.17. The molecule has 19 heavy (non-hydrogen) atoms. The molecule has 0 aliphatic carbocycles. The van der Waals surface area contributed by atoms with Crippen molar-refractivity contribution in [3.8, 4) is 0 Å². The second-order valence-corrected chi connectivity index (χ2v) is 5.77. The number of thiophene rings is 1. The Morgan fingerprint density at radius 3 is 2.74 bits per heavy atom. The summed E-state index contributed by atoms with van der Waals surface area (Å²) in [4.78, 5) is 22.6. The summed E-state index contributed by atoms with van der Waals surface area (Å²) in [6.07, 6.45) is 4.14. The van der Waals surface area contributed by atoms with Crippen molar-refractivity contribution in [1.82, 2.24) is 5.43 Å². The number of nitrogens with zero attached hydrogens (tertiary/aromatic N) is 1. The molecule has 0 spiro atoms. The molecule has 0 aromatic carbocycles. The third-order valence-corrected chi connectivity index (χ3v) is 3.89. The van der Waals surface area contributed by atoms with Crippen molar-refractivity contribution in [2.24, 2.45) is 5.10 Å². The van der Waals surface area contributed by atoms with Gasteiger partial charge in [-0.3, -0.25) is 9.59 Å². The molecule has 1 aromatic rings. The van der Waals surface area contributed by atoms with Crippen molar-refractivity contribution in [1.29, 1.82) is 0 Å². The molecule has 7 heteroatoms. The van der Waals surface area contributed by atoms with Crippen LogP contribution in [-0.2, 0) is 9.59 Å². The van der Waals surface area contributed by atoms with E-state index < -0.39 is 5.97 Å². The zero-order valence-electron chi connectivity index (χ0n) is 10.3. The van der Waals surface area contributed by atoms with Gasteiger partial charge < -0.3 is 5.11 Å². The minimum Gasteiger partial charge on any atom is -0.481 e. The van der Waals surface area contributed by atoms with E-state index in [-0.39, 0.29) is 12.3 Å². The van der Waals surface area contributed by atoms with Crippen molar-refractivity contribution >= 4 is 45.4 Å². The van der Waals surface area contributed by atoms with Gasteiger partial charge in [0.2, 0.25) is 5.91 Å². The number of halogens is 1. The van der Waals surface area contributed by atoms with Crippen LogP contribution in [-0.4, -0.2) is 23.2 Å². The Bertz CT molecular complexity index is 460. The van der Waals surface area contributed by atoms with Gasteiger partial charge >= 0.3 is 5.97 Å². The van der Waals surface area contributed by atoms with Gasteiger partial charge in [0.1, 0.15) is 0 Å². The molecule has 0 aliphatic heterocycles. The number of hydrazone groups is 1. The van der Waals surface area contributed by atoms with Crippen LogP contribution in [0.1, 0.15) is 37.0 Å². The Morgan fingerprint density at radius 1 is 1.37 bits per heavy atom. The standard InChI is InChI=1S/C12H15BrN2O3S/c13-9-6-10(19-8-9)7-14-15-11(16)4-2-1-3-5-12(17)18/h6-8H,1-5H2,(H,15,16)(H,17,18)/b14-7+. The molecule has 104 valence electrons. The van der Waals surface area contributed by atoms with Crippen molar-refractivity contribution in [2.75, 3.05) is 0 Å². The first-order valence-corrected chi connectivity index (χ1v) is 7.53. The minimum atomic E-state index is -0.795. The highest BCUT2D eigenvalue weighted by molar-refractivity contribution is 9.10. The van der Waals surface area contributed by atoms with Gasteiger partial charge in [-0.2, -0.15) is 5.10 Å². The van der Waals surface area contributed by atoms with Crippen LogP contribution >= 0.6 is 27.3 Å². The number of unbranched alkanes of at least 4 members (excludes halogenated alkanes) is 2. The van der Waals surface area contributed by atoms with Gasteiger partial charge in [0.05, 0.1) is 6.21 Å². The Kier molecular flexibility index (Phi) is 7.35. The van der Waals surface area contributed by atoms with Crippen LogP contribution in [0.2, 0.25) is 0 Å². The molecule has 0 fully saturated rings. The molecule has 0 saturated carbocycles. The molecule has 5 nitrogen and oxygen atoms in total. The molecule has 1 rings (SSSR count). The summed E-state index contributed by atoms with van der Waals surface area (Å²) in [5, 5.41) is 14.2. The molecular formula is C12H15BrN2O3S. The monoisotopic (exact) mass is 346 g/mol. The fraction of sp³-hybridized carbons (Fsp3) is 0.417. The maximum atomic E-state index is 11.4. The van der Waals surface area contributed by atoms with Crippen LogP contribution in [0.5, 0.6) is 0 Å². The number of carboxylic acids is 1. The quantitative estimate of drug-likeness (QED) is 0.431. The number of hydrogen-bond acceptors (Lipinski definition) is 4. The van der Waals surface area contributed by atoms with Crippen LogP contribution < -0.4 is 5.43 Å². The molecule has 1 heterocycles. The molecule has 0 bridgehead atoms. The Morgan fingerprint density at radius 2 is 2.11 bits per heavy atom. The molecule has 2 N–H and O–H groups in total. The van der Waals surface area contributed by atoms with Gasteiger partial charge in [-0.15, -0.1) is 11.3 Å². The van der Waals surface area contributed by atoms with E-state index in [0.717, 1.165) is 15.8 Å². The second kappa shape index (κ2) is 8.82. The molecule has 0 saturated heterocycles. The highest BCUT2D eigenvalue weighted by Gasteiger charge is 2.01. The first-order chi connectivity index (χ1) is 9.08. The van der Waals surface area contributed by atoms with Crippen LogP contribution in [0.4, 0.5) is 0 Å². The number of hydrogen-bond donors (Lipinski definition) is 2. The zero-order valence-corrected chi connectivity index (χ0v) is 12.7. The van der Waals surface area contributed by atoms with Crippen molar-refractivity contribution in [3.05, 3.63) is 20.8 Å². The van der Waals surface area contributed by atoms with E-state index in [1.165, 1.54) is 11.3 Å². The van der Waals surface area contributed by atoms with E-state index in [1.807, 2.05) is 11.4 Å². The summed E-state index contributed by atoms with van der Waals surface area (Å²) in [6.45, 7) is 0. The summed E-state index contributed by atoms with van der Waals surface area (Å²) >= 11 is 4.86. The van der Waals surface area contributed by atoms with E-state index in [4.69, 9.17) is 5.11 Å². The lowest BCUT2D eigenvalue weighted by molar-refractivity contribution is -0.137. The van der Waals surface area contributed by atoms with E-state index >= 15 is 0 Å². The first kappa shape index (κ1) is 15.8. The van der Waals surface area contributed by atoms with Gasteiger partial charge in [-0.25, -0.2) is 5.43 Å². The average molecular weight is 347 g/mol. The predicted octanol–water partition coefficient (Wildman–Crippen LogP) is 3.00. The van der Waals surface area contributed by atoms with Gasteiger partial charge in [0, 0.05) is 27.6 Å². The zero-order chi connectivity index (χ0) is 14.1. The van der Waals surface area contributed by atoms with E-state index in [0.29, 0.717) is 19.3 Å². The molecule has 0 aliphatic rings. The van der Waals surface area contributed by atoms with Crippen molar-refractivity contribution in [3.63, 3.8) is 0 Å². The lowest BCUT2D eigenvalue weighted by atomic mass is 10.1. The van der Waals surface area contributed by atoms with Gasteiger partial charge in [0.25, 0.3) is 0 Å². The number of carboxylic acid groups (broad SMARTS) is 1. The third-order valence-electron chi connectivity index (χ3n) is 2.26. The predicted molar refractivity (Wildman–Crippen MR) is 78.5 cm³/mol. The van der Waals surface area contributed by atoms with Crippen LogP contribution in [0.25, 0.3) is 0 Å². The summed E-state index contributed by atoms with van der Waals surface area (Å²) in [6, 6.07) is 1.91. The van der Waals surface area contributed by atoms with Crippen molar-refractivity contribution < 1.29 is 14.7 Å². The summed E-state index contributed by atoms with van der Waals surface area (Å²) < 4.78 is 0.990. The summed E-state index contributed by atoms with van der Waals surface area (Å²) in [5.74, 6) is -0.946. The van der Waals surface area contributed by atoms with Crippen LogP contribution in [0.3, 0.4) is 0 Å². The molecule has 0 unspecified atom stereocenters. The fourth-order valence-electron chi connectivity index (χ4n) is 1.36. The Hall–Kier alpha value is -1.21. The summed E-state index contributed by atoms with van der Waals surface area (Å²) in [5.41, 5.74) is 2.45. The number of aliphatic carboxylic acids is 1. The Balaban J connectivity index is 2.11.